The number of ether oxygens (including phenoxy) is 1. The zero-order valence-corrected chi connectivity index (χ0v) is 15.8. The molecule has 1 atom stereocenters. The van der Waals surface area contributed by atoms with E-state index in [1.807, 2.05) is 5.32 Å². The lowest BCUT2D eigenvalue weighted by Crippen LogP contribution is -2.70. The monoisotopic (exact) mass is 413 g/mol. The number of rotatable bonds is 5. The lowest BCUT2D eigenvalue weighted by molar-refractivity contribution is -0.205. The number of hydrogen-bond donors (Lipinski definition) is 2. The summed E-state index contributed by atoms with van der Waals surface area (Å²) < 4.78 is 46.7. The first-order chi connectivity index (χ1) is 13.7. The van der Waals surface area contributed by atoms with Gasteiger partial charge in [-0.1, -0.05) is 31.4 Å². The molecule has 0 radical (unpaired) electrons. The van der Waals surface area contributed by atoms with E-state index < -0.39 is 35.6 Å². The summed E-state index contributed by atoms with van der Waals surface area (Å²) in [7, 11) is 1.46. The Morgan fingerprint density at radius 2 is 1.83 bits per heavy atom. The third-order valence-corrected chi connectivity index (χ3v) is 5.32. The second kappa shape index (κ2) is 7.92. The predicted octanol–water partition coefficient (Wildman–Crippen LogP) is 2.70. The van der Waals surface area contributed by atoms with Gasteiger partial charge < -0.3 is 10.1 Å². The summed E-state index contributed by atoms with van der Waals surface area (Å²) in [6.07, 6.45) is -1.89. The van der Waals surface area contributed by atoms with E-state index in [2.05, 4.69) is 0 Å². The lowest BCUT2D eigenvalue weighted by Gasteiger charge is -2.32. The van der Waals surface area contributed by atoms with Gasteiger partial charge in [-0.15, -0.1) is 0 Å². The van der Waals surface area contributed by atoms with Crippen molar-refractivity contribution >= 4 is 17.8 Å². The predicted molar refractivity (Wildman–Crippen MR) is 95.6 cm³/mol. The SMILES string of the molecule is COc1ccc(CN2C(=O)N[C@](NC(=O)C3CCCCC3)(C(F)(F)F)C2=O)cc1. The molecule has 1 saturated carbocycles. The molecule has 3 rings (SSSR count). The second-order valence-electron chi connectivity index (χ2n) is 7.24. The van der Waals surface area contributed by atoms with Gasteiger partial charge in [0.05, 0.1) is 13.7 Å². The third kappa shape index (κ3) is 4.01. The molecule has 0 unspecified atom stereocenters. The summed E-state index contributed by atoms with van der Waals surface area (Å²) in [6, 6.07) is 4.99. The van der Waals surface area contributed by atoms with Gasteiger partial charge >= 0.3 is 12.2 Å². The molecule has 29 heavy (non-hydrogen) atoms. The van der Waals surface area contributed by atoms with Crippen LogP contribution in [-0.4, -0.2) is 41.7 Å². The van der Waals surface area contributed by atoms with E-state index in [0.717, 1.165) is 19.3 Å². The second-order valence-corrected chi connectivity index (χ2v) is 7.24. The number of carbonyl (C=O) groups excluding carboxylic acids is 3. The molecule has 1 aliphatic heterocycles. The zero-order chi connectivity index (χ0) is 21.2. The van der Waals surface area contributed by atoms with Crippen molar-refractivity contribution < 1.29 is 32.3 Å². The van der Waals surface area contributed by atoms with E-state index in [1.165, 1.54) is 19.2 Å². The van der Waals surface area contributed by atoms with Crippen LogP contribution in [0.1, 0.15) is 37.7 Å². The standard InChI is InChI=1S/C19H22F3N3O4/c1-29-14-9-7-12(8-10-14)11-25-16(27)18(19(20,21)22,24-17(25)28)23-15(26)13-5-3-2-4-6-13/h7-10,13H,2-6,11H2,1H3,(H,23,26)(H,24,28)/t18-/m0/s1. The molecule has 2 fully saturated rings. The maximum absolute atomic E-state index is 13.9. The molecule has 7 nitrogen and oxygen atoms in total. The summed E-state index contributed by atoms with van der Waals surface area (Å²) in [5, 5.41) is 3.48. The first-order valence-corrected chi connectivity index (χ1v) is 9.34. The van der Waals surface area contributed by atoms with Crippen LogP contribution in [0.25, 0.3) is 0 Å². The first kappa shape index (κ1) is 20.9. The number of hydrogen-bond acceptors (Lipinski definition) is 4. The molecular formula is C19H22F3N3O4. The average Bonchev–Trinajstić information content (AvgIpc) is 2.94. The molecule has 158 valence electrons. The molecule has 2 aliphatic rings. The lowest BCUT2D eigenvalue weighted by atomic mass is 9.88. The molecule has 2 N–H and O–H groups in total. The van der Waals surface area contributed by atoms with Crippen LogP contribution in [0.3, 0.4) is 0 Å². The minimum absolute atomic E-state index is 0.369. The number of benzene rings is 1. The first-order valence-electron chi connectivity index (χ1n) is 9.34. The van der Waals surface area contributed by atoms with Crippen molar-refractivity contribution in [3.05, 3.63) is 29.8 Å². The van der Waals surface area contributed by atoms with Crippen LogP contribution in [0.4, 0.5) is 18.0 Å². The van der Waals surface area contributed by atoms with Crippen LogP contribution in [0.15, 0.2) is 24.3 Å². The summed E-state index contributed by atoms with van der Waals surface area (Å²) in [6.45, 7) is -0.369. The van der Waals surface area contributed by atoms with Crippen LogP contribution in [0, 0.1) is 5.92 Å². The Labute approximate surface area is 165 Å². The van der Waals surface area contributed by atoms with Crippen LogP contribution >= 0.6 is 0 Å². The summed E-state index contributed by atoms with van der Waals surface area (Å²) >= 11 is 0. The van der Waals surface area contributed by atoms with E-state index in [-0.39, 0.29) is 6.54 Å². The Hall–Kier alpha value is -2.78. The fraction of sp³-hybridized carbons (Fsp3) is 0.526. The number of carbonyl (C=O) groups is 3. The summed E-state index contributed by atoms with van der Waals surface area (Å²) in [4.78, 5) is 37.9. The molecule has 0 spiro atoms. The quantitative estimate of drug-likeness (QED) is 0.727. The number of imide groups is 1. The van der Waals surface area contributed by atoms with E-state index in [0.29, 0.717) is 29.1 Å². The molecule has 1 aromatic carbocycles. The van der Waals surface area contributed by atoms with Crippen molar-refractivity contribution in [2.75, 3.05) is 7.11 Å². The molecule has 4 amide bonds. The zero-order valence-electron chi connectivity index (χ0n) is 15.8. The summed E-state index contributed by atoms with van der Waals surface area (Å²) in [5.74, 6) is -2.50. The highest BCUT2D eigenvalue weighted by Gasteiger charge is 2.68. The van der Waals surface area contributed by atoms with Gasteiger partial charge in [0.25, 0.3) is 11.6 Å². The molecular weight excluding hydrogens is 391 g/mol. The van der Waals surface area contributed by atoms with E-state index >= 15 is 0 Å². The molecule has 1 aromatic rings. The molecule has 0 bridgehead atoms. The highest BCUT2D eigenvalue weighted by atomic mass is 19.4. The Morgan fingerprint density at radius 3 is 2.38 bits per heavy atom. The Balaban J connectivity index is 1.82. The number of nitrogens with one attached hydrogen (secondary N) is 2. The number of nitrogens with zero attached hydrogens (tertiary/aromatic N) is 1. The number of urea groups is 1. The van der Waals surface area contributed by atoms with Gasteiger partial charge in [-0.3, -0.25) is 19.8 Å². The molecule has 10 heteroatoms. The van der Waals surface area contributed by atoms with Gasteiger partial charge in [-0.05, 0) is 30.5 Å². The van der Waals surface area contributed by atoms with E-state index in [9.17, 15) is 27.6 Å². The largest absolute Gasteiger partial charge is 0.497 e. The number of methoxy groups -OCH3 is 1. The topological polar surface area (TPSA) is 87.7 Å². The van der Waals surface area contributed by atoms with Crippen LogP contribution in [0.5, 0.6) is 5.75 Å². The third-order valence-electron chi connectivity index (χ3n) is 5.32. The van der Waals surface area contributed by atoms with Gasteiger partial charge in [0.1, 0.15) is 5.75 Å². The maximum Gasteiger partial charge on any atom is 0.440 e. The van der Waals surface area contributed by atoms with Gasteiger partial charge in [0.15, 0.2) is 0 Å². The van der Waals surface area contributed by atoms with Crippen molar-refractivity contribution in [1.29, 1.82) is 0 Å². The molecule has 1 heterocycles. The van der Waals surface area contributed by atoms with Crippen molar-refractivity contribution in [1.82, 2.24) is 15.5 Å². The van der Waals surface area contributed by atoms with Crippen molar-refractivity contribution in [3.63, 3.8) is 0 Å². The fourth-order valence-corrected chi connectivity index (χ4v) is 3.63. The minimum atomic E-state index is -5.20. The van der Waals surface area contributed by atoms with Crippen molar-refractivity contribution in [2.45, 2.75) is 50.5 Å². The summed E-state index contributed by atoms with van der Waals surface area (Å²) in [5.41, 5.74) is -3.02. The highest BCUT2D eigenvalue weighted by Crippen LogP contribution is 2.35. The van der Waals surface area contributed by atoms with Crippen LogP contribution in [-0.2, 0) is 16.1 Å². The van der Waals surface area contributed by atoms with Gasteiger partial charge in [0.2, 0.25) is 5.91 Å². The Morgan fingerprint density at radius 1 is 1.21 bits per heavy atom. The minimum Gasteiger partial charge on any atom is -0.497 e. The van der Waals surface area contributed by atoms with E-state index in [4.69, 9.17) is 4.74 Å². The maximum atomic E-state index is 13.9. The number of alkyl halides is 3. The van der Waals surface area contributed by atoms with Crippen LogP contribution in [0.2, 0.25) is 0 Å². The highest BCUT2D eigenvalue weighted by molar-refractivity contribution is 6.09. The van der Waals surface area contributed by atoms with Gasteiger partial charge in [-0.25, -0.2) is 4.79 Å². The van der Waals surface area contributed by atoms with Gasteiger partial charge in [0, 0.05) is 5.92 Å². The van der Waals surface area contributed by atoms with Crippen molar-refractivity contribution in [3.8, 4) is 5.75 Å². The fourth-order valence-electron chi connectivity index (χ4n) is 3.63. The molecule has 0 aromatic heterocycles. The number of halogens is 3. The Kier molecular flexibility index (Phi) is 5.72. The normalized spacial score (nSPS) is 23.1. The molecule has 1 aliphatic carbocycles. The van der Waals surface area contributed by atoms with Gasteiger partial charge in [-0.2, -0.15) is 13.2 Å². The smallest absolute Gasteiger partial charge is 0.440 e. The van der Waals surface area contributed by atoms with E-state index in [1.54, 1.807) is 17.4 Å². The number of amides is 4. The average molecular weight is 413 g/mol. The Bertz CT molecular complexity index is 791. The van der Waals surface area contributed by atoms with Crippen molar-refractivity contribution in [2.24, 2.45) is 5.92 Å². The molecule has 1 saturated heterocycles. The van der Waals surface area contributed by atoms with Crippen LogP contribution < -0.4 is 15.4 Å².